The molecule has 0 radical (unpaired) electrons. The Kier molecular flexibility index (Phi) is 8.11. The van der Waals surface area contributed by atoms with Crippen LogP contribution < -0.4 is 10.0 Å². The smallest absolute Gasteiger partial charge is 0.240 e. The van der Waals surface area contributed by atoms with Crippen molar-refractivity contribution in [3.63, 3.8) is 0 Å². The molecule has 2 atom stereocenters. The highest BCUT2D eigenvalue weighted by Crippen LogP contribution is 2.20. The fourth-order valence-electron chi connectivity index (χ4n) is 3.78. The van der Waals surface area contributed by atoms with Gasteiger partial charge in [0, 0.05) is 24.7 Å². The van der Waals surface area contributed by atoms with Gasteiger partial charge in [-0.05, 0) is 62.9 Å². The third kappa shape index (κ3) is 6.53. The molecule has 1 aliphatic rings. The van der Waals surface area contributed by atoms with Gasteiger partial charge >= 0.3 is 0 Å². The number of nitrogens with one attached hydrogen (secondary N) is 2. The molecule has 0 aliphatic carbocycles. The minimum atomic E-state index is -3.53. The van der Waals surface area contributed by atoms with Gasteiger partial charge in [-0.25, -0.2) is 13.1 Å². The van der Waals surface area contributed by atoms with Crippen molar-refractivity contribution in [1.82, 2.24) is 14.9 Å². The zero-order valence-electron chi connectivity index (χ0n) is 18.0. The lowest BCUT2D eigenvalue weighted by molar-refractivity contribution is -0.126. The first-order chi connectivity index (χ1) is 14.8. The van der Waals surface area contributed by atoms with Gasteiger partial charge in [0.15, 0.2) is 0 Å². The van der Waals surface area contributed by atoms with E-state index in [0.717, 1.165) is 30.5 Å². The number of amides is 1. The van der Waals surface area contributed by atoms with Gasteiger partial charge in [-0.15, -0.1) is 0 Å². The van der Waals surface area contributed by atoms with Crippen LogP contribution in [0.5, 0.6) is 0 Å². The molecule has 2 unspecified atom stereocenters. The van der Waals surface area contributed by atoms with Crippen molar-refractivity contribution >= 4 is 27.5 Å². The number of likely N-dealkylation sites (tertiary alicyclic amines) is 1. The zero-order valence-corrected chi connectivity index (χ0v) is 19.5. The fraction of sp³-hybridized carbons (Fsp3) is 0.435. The summed E-state index contributed by atoms with van der Waals surface area (Å²) in [5, 5.41) is 3.59. The summed E-state index contributed by atoms with van der Waals surface area (Å²) >= 11 is 6.16. The second-order valence-corrected chi connectivity index (χ2v) is 10.3. The normalized spacial score (nSPS) is 18.5. The van der Waals surface area contributed by atoms with Crippen LogP contribution in [0.1, 0.15) is 30.9 Å². The molecule has 0 spiro atoms. The van der Waals surface area contributed by atoms with Gasteiger partial charge in [0.05, 0.1) is 10.9 Å². The van der Waals surface area contributed by atoms with E-state index in [-0.39, 0.29) is 22.8 Å². The molecule has 31 heavy (non-hydrogen) atoms. The quantitative estimate of drug-likeness (QED) is 0.629. The lowest BCUT2D eigenvalue weighted by Crippen LogP contribution is -2.50. The van der Waals surface area contributed by atoms with Gasteiger partial charge in [0.1, 0.15) is 0 Å². The first-order valence-electron chi connectivity index (χ1n) is 10.6. The van der Waals surface area contributed by atoms with Crippen LogP contribution in [0.4, 0.5) is 0 Å². The van der Waals surface area contributed by atoms with Crippen LogP contribution in [0.2, 0.25) is 5.02 Å². The van der Waals surface area contributed by atoms with Crippen molar-refractivity contribution in [2.75, 3.05) is 19.6 Å². The van der Waals surface area contributed by atoms with Crippen molar-refractivity contribution in [2.24, 2.45) is 5.92 Å². The van der Waals surface area contributed by atoms with Crippen molar-refractivity contribution < 1.29 is 13.2 Å². The van der Waals surface area contributed by atoms with Crippen molar-refractivity contribution in [2.45, 2.75) is 44.2 Å². The summed E-state index contributed by atoms with van der Waals surface area (Å²) in [6.45, 7) is 6.06. The first kappa shape index (κ1) is 23.7. The molecule has 1 aliphatic heterocycles. The molecule has 1 saturated heterocycles. The van der Waals surface area contributed by atoms with Crippen LogP contribution in [0.3, 0.4) is 0 Å². The summed E-state index contributed by atoms with van der Waals surface area (Å²) in [4.78, 5) is 15.1. The predicted octanol–water partition coefficient (Wildman–Crippen LogP) is 3.34. The van der Waals surface area contributed by atoms with E-state index in [1.54, 1.807) is 30.3 Å². The Bertz CT molecular complexity index is 995. The van der Waals surface area contributed by atoms with E-state index in [9.17, 15) is 13.2 Å². The number of sulfonamides is 1. The maximum absolute atomic E-state index is 12.7. The average molecular weight is 464 g/mol. The highest BCUT2D eigenvalue weighted by atomic mass is 35.5. The van der Waals surface area contributed by atoms with E-state index >= 15 is 0 Å². The molecule has 0 aromatic heterocycles. The van der Waals surface area contributed by atoms with Crippen molar-refractivity contribution in [1.29, 1.82) is 0 Å². The lowest BCUT2D eigenvalue weighted by atomic mass is 9.97. The lowest BCUT2D eigenvalue weighted by Gasteiger charge is -2.36. The van der Waals surface area contributed by atoms with Gasteiger partial charge in [0.25, 0.3) is 0 Å². The van der Waals surface area contributed by atoms with Crippen molar-refractivity contribution in [3.8, 4) is 0 Å². The number of carbonyl (C=O) groups excluding carboxylic acids is 1. The van der Waals surface area contributed by atoms with E-state index in [1.165, 1.54) is 0 Å². The molecule has 2 aromatic rings. The van der Waals surface area contributed by atoms with E-state index in [4.69, 9.17) is 11.6 Å². The Balaban J connectivity index is 1.51. The monoisotopic (exact) mass is 463 g/mol. The fourth-order valence-corrected chi connectivity index (χ4v) is 5.10. The van der Waals surface area contributed by atoms with Crippen LogP contribution in [-0.4, -0.2) is 44.9 Å². The number of nitrogens with zero attached hydrogens (tertiary/aromatic N) is 1. The highest BCUT2D eigenvalue weighted by molar-refractivity contribution is 7.89. The van der Waals surface area contributed by atoms with Gasteiger partial charge in [0.2, 0.25) is 15.9 Å². The Morgan fingerprint density at radius 2 is 1.90 bits per heavy atom. The maximum atomic E-state index is 12.7. The summed E-state index contributed by atoms with van der Waals surface area (Å²) in [5.74, 6) is 0.105. The Hall–Kier alpha value is -1.93. The molecule has 1 heterocycles. The van der Waals surface area contributed by atoms with Gasteiger partial charge in [-0.1, -0.05) is 47.5 Å². The van der Waals surface area contributed by atoms with E-state index in [2.05, 4.69) is 14.9 Å². The molecule has 3 rings (SSSR count). The summed E-state index contributed by atoms with van der Waals surface area (Å²) < 4.78 is 27.9. The predicted molar refractivity (Wildman–Crippen MR) is 123 cm³/mol. The summed E-state index contributed by atoms with van der Waals surface area (Å²) in [6.07, 6.45) is 1.86. The van der Waals surface area contributed by atoms with E-state index < -0.39 is 10.0 Å². The Labute approximate surface area is 190 Å². The molecule has 168 valence electrons. The SMILES string of the molecule is Cc1ccc(S(=O)(=O)NCC2CCCN(C(C)C(=O)NCc3ccccc3Cl)C2)cc1. The highest BCUT2D eigenvalue weighted by Gasteiger charge is 2.28. The topological polar surface area (TPSA) is 78.5 Å². The molecule has 1 fully saturated rings. The number of piperidine rings is 1. The molecule has 8 heteroatoms. The number of aryl methyl sites for hydroxylation is 1. The molecule has 1 amide bonds. The van der Waals surface area contributed by atoms with Crippen LogP contribution in [0.15, 0.2) is 53.4 Å². The average Bonchev–Trinajstić information content (AvgIpc) is 2.77. The molecule has 0 bridgehead atoms. The molecule has 0 saturated carbocycles. The first-order valence-corrected chi connectivity index (χ1v) is 12.4. The Morgan fingerprint density at radius 3 is 2.61 bits per heavy atom. The number of rotatable bonds is 8. The van der Waals surface area contributed by atoms with Crippen LogP contribution >= 0.6 is 11.6 Å². The van der Waals surface area contributed by atoms with Gasteiger partial charge < -0.3 is 5.32 Å². The number of hydrogen-bond acceptors (Lipinski definition) is 4. The van der Waals surface area contributed by atoms with Gasteiger partial charge in [-0.2, -0.15) is 0 Å². The zero-order chi connectivity index (χ0) is 22.4. The molecule has 2 N–H and O–H groups in total. The summed E-state index contributed by atoms with van der Waals surface area (Å²) in [5.41, 5.74) is 1.90. The third-order valence-corrected chi connectivity index (χ3v) is 7.59. The number of carbonyl (C=O) groups is 1. The Morgan fingerprint density at radius 1 is 1.19 bits per heavy atom. The molecule has 2 aromatic carbocycles. The van der Waals surface area contributed by atoms with Crippen LogP contribution in [-0.2, 0) is 21.4 Å². The second-order valence-electron chi connectivity index (χ2n) is 8.15. The van der Waals surface area contributed by atoms with Crippen LogP contribution in [0, 0.1) is 12.8 Å². The molecular weight excluding hydrogens is 434 g/mol. The number of hydrogen-bond donors (Lipinski definition) is 2. The minimum Gasteiger partial charge on any atom is -0.351 e. The minimum absolute atomic E-state index is 0.0548. The number of benzene rings is 2. The summed E-state index contributed by atoms with van der Waals surface area (Å²) in [7, 11) is -3.53. The summed E-state index contributed by atoms with van der Waals surface area (Å²) in [6, 6.07) is 14.0. The van der Waals surface area contributed by atoms with Crippen LogP contribution in [0.25, 0.3) is 0 Å². The third-order valence-electron chi connectivity index (χ3n) is 5.78. The molecule has 6 nitrogen and oxygen atoms in total. The maximum Gasteiger partial charge on any atom is 0.240 e. The van der Waals surface area contributed by atoms with Crippen molar-refractivity contribution in [3.05, 3.63) is 64.7 Å². The van der Waals surface area contributed by atoms with E-state index in [1.807, 2.05) is 32.0 Å². The molecular formula is C23H30ClN3O3S. The standard InChI is InChI=1S/C23H30ClN3O3S/c1-17-9-11-21(12-10-17)31(29,30)26-14-19-6-5-13-27(16-19)18(2)23(28)25-15-20-7-3-4-8-22(20)24/h3-4,7-12,18-19,26H,5-6,13-16H2,1-2H3,(H,25,28). The van der Waals surface area contributed by atoms with E-state index in [0.29, 0.717) is 24.7 Å². The number of halogens is 1. The van der Waals surface area contributed by atoms with Gasteiger partial charge in [-0.3, -0.25) is 9.69 Å². The largest absolute Gasteiger partial charge is 0.351 e. The second kappa shape index (κ2) is 10.6.